The molecule has 264 valence electrons. The van der Waals surface area contributed by atoms with Crippen LogP contribution in [0.3, 0.4) is 0 Å². The summed E-state index contributed by atoms with van der Waals surface area (Å²) in [5, 5.41) is 10.9. The first-order valence-corrected chi connectivity index (χ1v) is 17.4. The molecule has 0 radical (unpaired) electrons. The van der Waals surface area contributed by atoms with Gasteiger partial charge in [-0.25, -0.2) is 14.0 Å². The zero-order chi connectivity index (χ0) is 35.3. The van der Waals surface area contributed by atoms with Gasteiger partial charge < -0.3 is 29.7 Å². The Kier molecular flexibility index (Phi) is 11.0. The molecule has 2 N–H and O–H groups in total. The van der Waals surface area contributed by atoms with E-state index in [1.54, 1.807) is 29.1 Å². The van der Waals surface area contributed by atoms with E-state index >= 15 is 0 Å². The number of halogens is 2. The van der Waals surface area contributed by atoms with Crippen LogP contribution in [0.2, 0.25) is 10.0 Å². The predicted octanol–water partition coefficient (Wildman–Crippen LogP) is 5.63. The predicted molar refractivity (Wildman–Crippen MR) is 198 cm³/mol. The van der Waals surface area contributed by atoms with E-state index in [4.69, 9.17) is 43.1 Å². The standard InChI is InChI=1S/C36H42Cl2N8O4/c1-4-26(3)46-35(47)45(25-41-46)30-9-7-28(8-10-30)42-16-18-43(19-17-42)29-11-13-31(14-12-29)48-21-32-22-49-36(50-32,23-44(5-2)40-24-39)33-15-6-27(37)20-34(33)38/h5-15,20,24-26,32H,2,4,16-19,21-23H2,1,3H3,(H2,39,40). The molecule has 0 spiro atoms. The van der Waals surface area contributed by atoms with Gasteiger partial charge in [0.1, 0.15) is 31.1 Å². The van der Waals surface area contributed by atoms with Crippen molar-refractivity contribution in [2.75, 3.05) is 55.7 Å². The van der Waals surface area contributed by atoms with Crippen LogP contribution in [-0.2, 0) is 15.3 Å². The summed E-state index contributed by atoms with van der Waals surface area (Å²) in [7, 11) is 0. The summed E-state index contributed by atoms with van der Waals surface area (Å²) in [6, 6.07) is 21.4. The van der Waals surface area contributed by atoms with Gasteiger partial charge in [-0.3, -0.25) is 5.01 Å². The van der Waals surface area contributed by atoms with E-state index in [1.165, 1.54) is 22.2 Å². The van der Waals surface area contributed by atoms with Crippen molar-refractivity contribution < 1.29 is 14.2 Å². The highest BCUT2D eigenvalue weighted by atomic mass is 35.5. The van der Waals surface area contributed by atoms with E-state index in [1.807, 2.05) is 38.1 Å². The summed E-state index contributed by atoms with van der Waals surface area (Å²) in [5.41, 5.74) is 9.10. The third-order valence-electron chi connectivity index (χ3n) is 9.11. The van der Waals surface area contributed by atoms with Crippen LogP contribution in [-0.4, -0.2) is 77.7 Å². The lowest BCUT2D eigenvalue weighted by molar-refractivity contribution is -0.187. The van der Waals surface area contributed by atoms with E-state index in [2.05, 4.69) is 50.8 Å². The van der Waals surface area contributed by atoms with Crippen LogP contribution in [0.1, 0.15) is 31.9 Å². The molecule has 2 saturated heterocycles. The lowest BCUT2D eigenvalue weighted by Gasteiger charge is -2.37. The van der Waals surface area contributed by atoms with E-state index < -0.39 is 5.79 Å². The minimum absolute atomic E-state index is 0.0605. The molecule has 1 aromatic heterocycles. The number of anilines is 2. The Balaban J connectivity index is 1.02. The number of nitrogens with two attached hydrogens (primary N) is 1. The van der Waals surface area contributed by atoms with Crippen molar-refractivity contribution in [2.24, 2.45) is 10.8 Å². The van der Waals surface area contributed by atoms with Crippen molar-refractivity contribution in [2.45, 2.75) is 38.2 Å². The quantitative estimate of drug-likeness (QED) is 0.107. The molecule has 3 heterocycles. The van der Waals surface area contributed by atoms with Crippen molar-refractivity contribution in [3.8, 4) is 11.4 Å². The first-order chi connectivity index (χ1) is 24.2. The van der Waals surface area contributed by atoms with Gasteiger partial charge in [0.05, 0.1) is 29.9 Å². The van der Waals surface area contributed by atoms with Crippen LogP contribution in [0, 0.1) is 0 Å². The second-order valence-electron chi connectivity index (χ2n) is 12.3. The van der Waals surface area contributed by atoms with E-state index in [0.717, 1.165) is 55.4 Å². The van der Waals surface area contributed by atoms with Gasteiger partial charge in [0.2, 0.25) is 5.79 Å². The average Bonchev–Trinajstić information content (AvgIpc) is 3.74. The minimum atomic E-state index is -1.23. The van der Waals surface area contributed by atoms with Gasteiger partial charge in [-0.05, 0) is 74.0 Å². The number of benzene rings is 3. The van der Waals surface area contributed by atoms with Gasteiger partial charge in [-0.1, -0.05) is 42.8 Å². The highest BCUT2D eigenvalue weighted by Gasteiger charge is 2.46. The number of rotatable bonds is 13. The Morgan fingerprint density at radius 2 is 1.70 bits per heavy atom. The summed E-state index contributed by atoms with van der Waals surface area (Å²) in [6.07, 6.45) is 4.77. The number of hydrogen-bond donors (Lipinski definition) is 1. The Labute approximate surface area is 301 Å². The lowest BCUT2D eigenvalue weighted by Crippen LogP contribution is -2.46. The van der Waals surface area contributed by atoms with Gasteiger partial charge >= 0.3 is 5.69 Å². The second kappa shape index (κ2) is 15.6. The molecule has 0 saturated carbocycles. The van der Waals surface area contributed by atoms with Crippen molar-refractivity contribution in [1.29, 1.82) is 0 Å². The number of aromatic nitrogens is 3. The maximum Gasteiger partial charge on any atom is 0.350 e. The van der Waals surface area contributed by atoms with Crippen LogP contribution < -0.4 is 26.0 Å². The highest BCUT2D eigenvalue weighted by molar-refractivity contribution is 6.35. The summed E-state index contributed by atoms with van der Waals surface area (Å²) >= 11 is 12.7. The molecule has 12 nitrogen and oxygen atoms in total. The Hall–Kier alpha value is -4.49. The summed E-state index contributed by atoms with van der Waals surface area (Å²) < 4.78 is 22.0. The molecule has 4 aromatic rings. The van der Waals surface area contributed by atoms with Crippen molar-refractivity contribution in [1.82, 2.24) is 19.4 Å². The van der Waals surface area contributed by atoms with E-state index in [9.17, 15) is 4.79 Å². The number of hydrogen-bond acceptors (Lipinski definition) is 9. The largest absolute Gasteiger partial charge is 0.491 e. The van der Waals surface area contributed by atoms with Gasteiger partial charge in [0.15, 0.2) is 0 Å². The maximum atomic E-state index is 12.8. The molecule has 2 fully saturated rings. The molecular formula is C36H42Cl2N8O4. The molecule has 0 bridgehead atoms. The second-order valence-corrected chi connectivity index (χ2v) is 13.1. The Morgan fingerprint density at radius 1 is 1.06 bits per heavy atom. The van der Waals surface area contributed by atoms with E-state index in [0.29, 0.717) is 15.6 Å². The summed E-state index contributed by atoms with van der Waals surface area (Å²) in [4.78, 5) is 17.5. The highest BCUT2D eigenvalue weighted by Crippen LogP contribution is 2.40. The molecule has 6 rings (SSSR count). The molecule has 14 heteroatoms. The Morgan fingerprint density at radius 3 is 2.30 bits per heavy atom. The van der Waals surface area contributed by atoms with E-state index in [-0.39, 0.29) is 37.6 Å². The molecule has 3 atom stereocenters. The Bertz CT molecular complexity index is 1840. The first kappa shape index (κ1) is 35.3. The molecule has 0 aliphatic carbocycles. The van der Waals surface area contributed by atoms with Crippen LogP contribution in [0.5, 0.6) is 5.75 Å². The van der Waals surface area contributed by atoms with Crippen molar-refractivity contribution in [3.05, 3.63) is 112 Å². The monoisotopic (exact) mass is 720 g/mol. The zero-order valence-electron chi connectivity index (χ0n) is 28.2. The van der Waals surface area contributed by atoms with Crippen LogP contribution >= 0.6 is 23.2 Å². The van der Waals surface area contributed by atoms with Gasteiger partial charge in [0, 0.05) is 54.3 Å². The average molecular weight is 722 g/mol. The van der Waals surface area contributed by atoms with Gasteiger partial charge in [-0.2, -0.15) is 10.2 Å². The molecule has 2 aliphatic rings. The topological polar surface area (TPSA) is 116 Å². The normalized spacial score (nSPS) is 20.0. The van der Waals surface area contributed by atoms with Crippen LogP contribution in [0.15, 0.2) is 95.7 Å². The minimum Gasteiger partial charge on any atom is -0.491 e. The third kappa shape index (κ3) is 7.63. The molecule has 0 amide bonds. The van der Waals surface area contributed by atoms with Gasteiger partial charge in [-0.15, -0.1) is 0 Å². The lowest BCUT2D eigenvalue weighted by atomic mass is 10.1. The first-order valence-electron chi connectivity index (χ1n) is 16.6. The number of nitrogens with zero attached hydrogens (tertiary/aromatic N) is 7. The smallest absolute Gasteiger partial charge is 0.350 e. The number of ether oxygens (including phenoxy) is 3. The van der Waals surface area contributed by atoms with Crippen LogP contribution in [0.4, 0.5) is 11.4 Å². The maximum absolute atomic E-state index is 12.8. The van der Waals surface area contributed by atoms with Crippen molar-refractivity contribution >= 4 is 40.9 Å². The fourth-order valence-corrected chi connectivity index (χ4v) is 6.72. The SMILES string of the molecule is C=CN(CC1(c2ccc(Cl)cc2Cl)OCC(COc2ccc(N3CCN(c4ccc(-n5cnn(C(C)CC)c5=O)cc4)CC3)cc2)O1)/N=C\N. The third-order valence-corrected chi connectivity index (χ3v) is 9.66. The summed E-state index contributed by atoms with van der Waals surface area (Å²) in [5.74, 6) is -0.506. The molecular weight excluding hydrogens is 679 g/mol. The molecule has 3 unspecified atom stereocenters. The van der Waals surface area contributed by atoms with Crippen LogP contribution in [0.25, 0.3) is 5.69 Å². The van der Waals surface area contributed by atoms with Crippen molar-refractivity contribution in [3.63, 3.8) is 0 Å². The summed E-state index contributed by atoms with van der Waals surface area (Å²) in [6.45, 7) is 12.1. The number of hydrazone groups is 1. The molecule has 3 aromatic carbocycles. The fraction of sp³-hybridized carbons (Fsp3) is 0.361. The fourth-order valence-electron chi connectivity index (χ4n) is 6.16. The zero-order valence-corrected chi connectivity index (χ0v) is 29.7. The van der Waals surface area contributed by atoms with Gasteiger partial charge in [0.25, 0.3) is 0 Å². The molecule has 50 heavy (non-hydrogen) atoms. The molecule has 2 aliphatic heterocycles. The number of piperazine rings is 1.